The lowest BCUT2D eigenvalue weighted by Crippen LogP contribution is -2.63. The molecule has 266 valence electrons. The molecule has 12 heteroatoms. The van der Waals surface area contributed by atoms with Crippen molar-refractivity contribution >= 4 is 46.5 Å². The van der Waals surface area contributed by atoms with E-state index in [1.54, 1.807) is 45.8 Å². The summed E-state index contributed by atoms with van der Waals surface area (Å²) in [4.78, 5) is 62.0. The van der Waals surface area contributed by atoms with E-state index in [0.717, 1.165) is 28.6 Å². The predicted octanol–water partition coefficient (Wildman–Crippen LogP) is 3.61. The number of esters is 1. The molecule has 12 nitrogen and oxygen atoms in total. The molecule has 2 aromatic carbocycles. The van der Waals surface area contributed by atoms with Gasteiger partial charge in [0.1, 0.15) is 17.9 Å². The Kier molecular flexibility index (Phi) is 11.2. The van der Waals surface area contributed by atoms with Gasteiger partial charge in [0.15, 0.2) is 6.10 Å². The third-order valence-electron chi connectivity index (χ3n) is 8.98. The average Bonchev–Trinajstić information content (AvgIpc) is 3.08. The van der Waals surface area contributed by atoms with Gasteiger partial charge < -0.3 is 15.0 Å². The number of carbonyl (C=O) groups excluding carboxylic acids is 4. The number of hydrogen-bond acceptors (Lipinski definition) is 9. The molecule has 2 aliphatic heterocycles. The van der Waals surface area contributed by atoms with Crippen molar-refractivity contribution in [1.29, 1.82) is 0 Å². The standard InChI is InChI=1S/C38H49N7O5/c1-24(2)33-35(47)40-31(22-25-10-12-27(13-11-25)23-43(5)6)36(48)45-20-8-9-29(41-45)34(46)42-44(7)32-17-16-28-15-14-26(21-30(28)39-32)18-19-38(3,4)37(49)50-33/h10-19,21,24,29,31,33,41H,8-9,20,22-23H2,1-7H3,(H,40,47)(H,42,46)/b19-18+/t29-,31-,33-/m0/s1. The van der Waals surface area contributed by atoms with Crippen molar-refractivity contribution in [3.8, 4) is 0 Å². The molecular weight excluding hydrogens is 634 g/mol. The molecule has 1 saturated heterocycles. The number of pyridine rings is 1. The molecule has 3 heterocycles. The number of hydrogen-bond donors (Lipinski definition) is 3. The molecule has 5 bridgehead atoms. The molecule has 3 aromatic rings. The first kappa shape index (κ1) is 36.5. The van der Waals surface area contributed by atoms with E-state index < -0.39 is 41.4 Å². The van der Waals surface area contributed by atoms with Gasteiger partial charge in [-0.05, 0) is 81.6 Å². The summed E-state index contributed by atoms with van der Waals surface area (Å²) in [5.41, 5.74) is 8.42. The fraction of sp³-hybridized carbons (Fsp3) is 0.447. The molecular formula is C38H49N7O5. The highest BCUT2D eigenvalue weighted by Crippen LogP contribution is 2.26. The van der Waals surface area contributed by atoms with Gasteiger partial charge in [-0.3, -0.25) is 34.6 Å². The van der Waals surface area contributed by atoms with Gasteiger partial charge in [-0.2, -0.15) is 0 Å². The second kappa shape index (κ2) is 15.4. The Morgan fingerprint density at radius 2 is 1.68 bits per heavy atom. The molecule has 3 atom stereocenters. The van der Waals surface area contributed by atoms with Crippen LogP contribution in [-0.2, 0) is 36.9 Å². The number of nitrogens with zero attached hydrogens (tertiary/aromatic N) is 4. The highest BCUT2D eigenvalue weighted by molar-refractivity contribution is 5.92. The SMILES string of the molecule is CC(C)[C@@H]1OC(=O)C(C)(C)/C=C/c2ccc3ccc(nc3c2)N(C)NC(=O)[C@@H]2CCCN(N2)C(=O)[C@H](Cc2ccc(CN(C)C)cc2)NC1=O. The van der Waals surface area contributed by atoms with Crippen molar-refractivity contribution in [3.05, 3.63) is 77.4 Å². The summed E-state index contributed by atoms with van der Waals surface area (Å²) >= 11 is 0. The van der Waals surface area contributed by atoms with Crippen molar-refractivity contribution in [2.45, 2.75) is 71.7 Å². The number of aromatic nitrogens is 1. The first-order chi connectivity index (χ1) is 23.7. The summed E-state index contributed by atoms with van der Waals surface area (Å²) in [5, 5.41) is 6.80. The number of ether oxygens (including phenoxy) is 1. The molecule has 0 aliphatic carbocycles. The minimum Gasteiger partial charge on any atom is -0.451 e. The van der Waals surface area contributed by atoms with Crippen molar-refractivity contribution in [1.82, 2.24) is 31.1 Å². The van der Waals surface area contributed by atoms with Crippen LogP contribution in [0.15, 0.2) is 60.7 Å². The molecule has 1 aromatic heterocycles. The zero-order chi connectivity index (χ0) is 36.2. The highest BCUT2D eigenvalue weighted by Gasteiger charge is 2.37. The topological polar surface area (TPSA) is 136 Å². The largest absolute Gasteiger partial charge is 0.451 e. The van der Waals surface area contributed by atoms with Crippen molar-refractivity contribution < 1.29 is 23.9 Å². The van der Waals surface area contributed by atoms with Crippen LogP contribution in [0.25, 0.3) is 17.0 Å². The lowest BCUT2D eigenvalue weighted by Gasteiger charge is -2.36. The molecule has 1 fully saturated rings. The van der Waals surface area contributed by atoms with Gasteiger partial charge in [0, 0.05) is 31.9 Å². The molecule has 3 N–H and O–H groups in total. The van der Waals surface area contributed by atoms with E-state index in [9.17, 15) is 19.2 Å². The van der Waals surface area contributed by atoms with E-state index in [0.29, 0.717) is 30.7 Å². The number of anilines is 1. The Bertz CT molecular complexity index is 1750. The highest BCUT2D eigenvalue weighted by atomic mass is 16.5. The van der Waals surface area contributed by atoms with Crippen LogP contribution in [0.4, 0.5) is 5.82 Å². The van der Waals surface area contributed by atoms with Crippen molar-refractivity contribution in [2.75, 3.05) is 32.7 Å². The number of amides is 3. The maximum atomic E-state index is 14.2. The van der Waals surface area contributed by atoms with Crippen molar-refractivity contribution in [2.24, 2.45) is 11.3 Å². The van der Waals surface area contributed by atoms with E-state index >= 15 is 0 Å². The van der Waals surface area contributed by atoms with Gasteiger partial charge in [0.25, 0.3) is 17.7 Å². The molecule has 5 rings (SSSR count). The van der Waals surface area contributed by atoms with Crippen LogP contribution in [0, 0.1) is 11.3 Å². The van der Waals surface area contributed by atoms with Crippen LogP contribution < -0.4 is 21.2 Å². The predicted molar refractivity (Wildman–Crippen MR) is 193 cm³/mol. The summed E-state index contributed by atoms with van der Waals surface area (Å²) < 4.78 is 5.89. The Balaban J connectivity index is 1.50. The summed E-state index contributed by atoms with van der Waals surface area (Å²) in [6, 6.07) is 15.7. The third kappa shape index (κ3) is 8.85. The second-order valence-corrected chi connectivity index (χ2v) is 14.4. The number of cyclic esters (lactones) is 1. The summed E-state index contributed by atoms with van der Waals surface area (Å²) in [6.45, 7) is 8.17. The molecule has 0 saturated carbocycles. The maximum absolute atomic E-state index is 14.2. The maximum Gasteiger partial charge on any atom is 0.316 e. The quantitative estimate of drug-likeness (QED) is 0.345. The van der Waals surface area contributed by atoms with Gasteiger partial charge in [-0.25, -0.2) is 10.4 Å². The molecule has 0 radical (unpaired) electrons. The number of fused-ring (bicyclic) bond motifs is 4. The molecule has 0 unspecified atom stereocenters. The lowest BCUT2D eigenvalue weighted by atomic mass is 9.92. The molecule has 3 amide bonds. The first-order valence-electron chi connectivity index (χ1n) is 17.2. The fourth-order valence-corrected chi connectivity index (χ4v) is 6.00. The van der Waals surface area contributed by atoms with Gasteiger partial charge >= 0.3 is 5.97 Å². The van der Waals surface area contributed by atoms with E-state index in [-0.39, 0.29) is 18.2 Å². The van der Waals surface area contributed by atoms with Crippen LogP contribution in [0.1, 0.15) is 57.2 Å². The summed E-state index contributed by atoms with van der Waals surface area (Å²) in [7, 11) is 5.70. The average molecular weight is 684 g/mol. The minimum atomic E-state index is -1.14. The zero-order valence-electron chi connectivity index (χ0n) is 30.0. The summed E-state index contributed by atoms with van der Waals surface area (Å²) in [5.74, 6) is -1.69. The number of carbonyl (C=O) groups is 4. The molecule has 0 spiro atoms. The fourth-order valence-electron chi connectivity index (χ4n) is 6.00. The van der Waals surface area contributed by atoms with Gasteiger partial charge in [-0.1, -0.05) is 62.4 Å². The second-order valence-electron chi connectivity index (χ2n) is 14.4. The Hall–Kier alpha value is -4.81. The van der Waals surface area contributed by atoms with Gasteiger partial charge in [0.2, 0.25) is 0 Å². The van der Waals surface area contributed by atoms with Crippen LogP contribution in [0.5, 0.6) is 0 Å². The lowest BCUT2D eigenvalue weighted by molar-refractivity contribution is -0.165. The summed E-state index contributed by atoms with van der Waals surface area (Å²) in [6.07, 6.45) is 3.71. The van der Waals surface area contributed by atoms with E-state index in [4.69, 9.17) is 9.72 Å². The van der Waals surface area contributed by atoms with E-state index in [1.807, 2.05) is 74.8 Å². The zero-order valence-corrected chi connectivity index (χ0v) is 30.0. The smallest absolute Gasteiger partial charge is 0.316 e. The number of nitrogens with one attached hydrogen (secondary N) is 3. The van der Waals surface area contributed by atoms with Crippen LogP contribution in [-0.4, -0.2) is 84.5 Å². The van der Waals surface area contributed by atoms with Crippen LogP contribution >= 0.6 is 0 Å². The number of rotatable bonds is 5. The van der Waals surface area contributed by atoms with E-state index in [2.05, 4.69) is 21.1 Å². The van der Waals surface area contributed by atoms with Crippen LogP contribution in [0.3, 0.4) is 0 Å². The third-order valence-corrected chi connectivity index (χ3v) is 8.98. The minimum absolute atomic E-state index is 0.199. The number of hydrazine groups is 2. The normalized spacial score (nSPS) is 22.8. The Morgan fingerprint density at radius 1 is 0.980 bits per heavy atom. The molecule has 2 aliphatic rings. The number of benzene rings is 2. The van der Waals surface area contributed by atoms with E-state index in [1.165, 1.54) is 5.01 Å². The van der Waals surface area contributed by atoms with Gasteiger partial charge in [-0.15, -0.1) is 0 Å². The Labute approximate surface area is 294 Å². The first-order valence-corrected chi connectivity index (χ1v) is 17.2. The van der Waals surface area contributed by atoms with Crippen molar-refractivity contribution in [3.63, 3.8) is 0 Å². The van der Waals surface area contributed by atoms with Gasteiger partial charge in [0.05, 0.1) is 10.9 Å². The Morgan fingerprint density at radius 3 is 2.38 bits per heavy atom. The van der Waals surface area contributed by atoms with Crippen LogP contribution in [0.2, 0.25) is 0 Å². The molecule has 50 heavy (non-hydrogen) atoms. The monoisotopic (exact) mass is 683 g/mol.